The maximum atomic E-state index is 15.8. The van der Waals surface area contributed by atoms with Crippen LogP contribution in [-0.2, 0) is 7.05 Å². The number of piperidine rings is 2. The first-order chi connectivity index (χ1) is 16.5. The molecular weight excluding hydrogens is 443 g/mol. The highest BCUT2D eigenvalue weighted by Crippen LogP contribution is 2.35. The molecule has 0 N–H and O–H groups in total. The molecule has 0 unspecified atom stereocenters. The predicted molar refractivity (Wildman–Crippen MR) is 141 cm³/mol. The molecule has 0 spiro atoms. The zero-order valence-corrected chi connectivity index (χ0v) is 21.7. The molecule has 1 aromatic heterocycles. The lowest BCUT2D eigenvalue weighted by atomic mass is 9.87. The van der Waals surface area contributed by atoms with E-state index in [-0.39, 0.29) is 11.7 Å². The summed E-state index contributed by atoms with van der Waals surface area (Å²) in [7, 11) is 1.98. The van der Waals surface area contributed by atoms with E-state index in [4.69, 9.17) is 4.98 Å². The van der Waals surface area contributed by atoms with Crippen molar-refractivity contribution in [3.63, 3.8) is 0 Å². The molecule has 34 heavy (non-hydrogen) atoms. The van der Waals surface area contributed by atoms with Crippen LogP contribution in [-0.4, -0.2) is 63.9 Å². The van der Waals surface area contributed by atoms with E-state index in [0.717, 1.165) is 48.4 Å². The van der Waals surface area contributed by atoms with Crippen molar-refractivity contribution < 1.29 is 4.39 Å². The molecule has 2 aromatic carbocycles. The topological polar surface area (TPSA) is 24.3 Å². The monoisotopic (exact) mass is 480 g/mol. The third-order valence-electron chi connectivity index (χ3n) is 8.08. The molecule has 2 aliphatic rings. The number of nitrogens with zero attached hydrogens (tertiary/aromatic N) is 4. The minimum atomic E-state index is -0.122. The van der Waals surface area contributed by atoms with Crippen molar-refractivity contribution in [2.24, 2.45) is 7.05 Å². The van der Waals surface area contributed by atoms with E-state index in [1.165, 1.54) is 30.8 Å². The van der Waals surface area contributed by atoms with E-state index in [1.54, 1.807) is 11.8 Å². The van der Waals surface area contributed by atoms with E-state index in [9.17, 15) is 0 Å². The number of thioether (sulfide) groups is 1. The van der Waals surface area contributed by atoms with Gasteiger partial charge in [0.15, 0.2) is 5.82 Å². The van der Waals surface area contributed by atoms with Crippen molar-refractivity contribution >= 4 is 22.8 Å². The van der Waals surface area contributed by atoms with Crippen molar-refractivity contribution in [2.45, 2.75) is 62.4 Å². The Hall–Kier alpha value is -1.89. The standard InChI is InChI=1S/C28H37FN4S/c1-19(2)32-17-13-22(14-18-32)33-15-11-20(12-16-33)24-9-10-25-27(26(24)29)30-28(31(25)3)21-5-7-23(34-4)8-6-21/h5-10,19-20,22H,11-18H2,1-4H3. The van der Waals surface area contributed by atoms with Crippen LogP contribution in [0.15, 0.2) is 41.3 Å². The fraction of sp³-hybridized carbons (Fsp3) is 0.536. The van der Waals surface area contributed by atoms with Gasteiger partial charge in [-0.3, -0.25) is 0 Å². The van der Waals surface area contributed by atoms with Gasteiger partial charge in [-0.2, -0.15) is 0 Å². The molecule has 0 atom stereocenters. The summed E-state index contributed by atoms with van der Waals surface area (Å²) in [5.41, 5.74) is 3.24. The predicted octanol–water partition coefficient (Wildman–Crippen LogP) is 6.15. The van der Waals surface area contributed by atoms with Crippen LogP contribution in [0.2, 0.25) is 0 Å². The van der Waals surface area contributed by atoms with Crippen molar-refractivity contribution in [1.29, 1.82) is 0 Å². The zero-order valence-electron chi connectivity index (χ0n) is 20.9. The van der Waals surface area contributed by atoms with Crippen LogP contribution in [0, 0.1) is 5.82 Å². The fourth-order valence-corrected chi connectivity index (χ4v) is 6.31. The number of aromatic nitrogens is 2. The van der Waals surface area contributed by atoms with Crippen LogP contribution in [0.4, 0.5) is 4.39 Å². The Morgan fingerprint density at radius 1 is 0.941 bits per heavy atom. The number of hydrogen-bond acceptors (Lipinski definition) is 4. The van der Waals surface area contributed by atoms with Crippen LogP contribution in [0.1, 0.15) is 51.0 Å². The third-order valence-corrected chi connectivity index (χ3v) is 8.83. The summed E-state index contributed by atoms with van der Waals surface area (Å²) >= 11 is 1.72. The molecule has 2 saturated heterocycles. The Kier molecular flexibility index (Phi) is 7.01. The summed E-state index contributed by atoms with van der Waals surface area (Å²) in [5, 5.41) is 0. The number of aryl methyl sites for hydroxylation is 1. The Morgan fingerprint density at radius 3 is 2.24 bits per heavy atom. The first kappa shape index (κ1) is 23.8. The van der Waals surface area contributed by atoms with Crippen LogP contribution in [0.3, 0.4) is 0 Å². The summed E-state index contributed by atoms with van der Waals surface area (Å²) in [5.74, 6) is 0.979. The summed E-state index contributed by atoms with van der Waals surface area (Å²) in [6, 6.07) is 13.8. The molecule has 6 heteroatoms. The van der Waals surface area contributed by atoms with Gasteiger partial charge >= 0.3 is 0 Å². The smallest absolute Gasteiger partial charge is 0.154 e. The van der Waals surface area contributed by atoms with E-state index in [1.807, 2.05) is 17.7 Å². The molecule has 0 amide bonds. The molecule has 182 valence electrons. The molecule has 3 heterocycles. The van der Waals surface area contributed by atoms with Crippen LogP contribution in [0.25, 0.3) is 22.4 Å². The van der Waals surface area contributed by atoms with Crippen molar-refractivity contribution in [2.75, 3.05) is 32.4 Å². The molecule has 0 aliphatic carbocycles. The highest BCUT2D eigenvalue weighted by molar-refractivity contribution is 7.98. The largest absolute Gasteiger partial charge is 0.327 e. The molecule has 3 aromatic rings. The molecular formula is C28H37FN4S. The SMILES string of the molecule is CSc1ccc(-c2nc3c(F)c(C4CCN(C5CCN(C(C)C)CC5)CC4)ccc3n2C)cc1. The third kappa shape index (κ3) is 4.52. The number of halogens is 1. The number of hydrogen-bond donors (Lipinski definition) is 0. The maximum Gasteiger partial charge on any atom is 0.154 e. The van der Waals surface area contributed by atoms with Gasteiger partial charge < -0.3 is 14.4 Å². The molecule has 4 nitrogen and oxygen atoms in total. The van der Waals surface area contributed by atoms with Gasteiger partial charge in [0, 0.05) is 29.6 Å². The average Bonchev–Trinajstić information content (AvgIpc) is 3.22. The number of imidazole rings is 1. The molecule has 0 bridgehead atoms. The second kappa shape index (κ2) is 10.00. The Balaban J connectivity index is 1.30. The lowest BCUT2D eigenvalue weighted by Gasteiger charge is -2.42. The number of likely N-dealkylation sites (tertiary alicyclic amines) is 2. The van der Waals surface area contributed by atoms with E-state index in [2.05, 4.69) is 60.2 Å². The summed E-state index contributed by atoms with van der Waals surface area (Å²) in [6.07, 6.45) is 6.65. The molecule has 2 aliphatic heterocycles. The van der Waals surface area contributed by atoms with Gasteiger partial charge in [-0.25, -0.2) is 9.37 Å². The summed E-state index contributed by atoms with van der Waals surface area (Å²) < 4.78 is 17.8. The van der Waals surface area contributed by atoms with Gasteiger partial charge in [0.05, 0.1) is 5.52 Å². The van der Waals surface area contributed by atoms with Gasteiger partial charge in [0.2, 0.25) is 0 Å². The Labute approximate surface area is 207 Å². The molecule has 2 fully saturated rings. The van der Waals surface area contributed by atoms with Gasteiger partial charge in [-0.15, -0.1) is 11.8 Å². The van der Waals surface area contributed by atoms with Crippen molar-refractivity contribution in [3.05, 3.63) is 47.8 Å². The second-order valence-corrected chi connectivity index (χ2v) is 11.1. The number of rotatable bonds is 5. The van der Waals surface area contributed by atoms with Crippen molar-refractivity contribution in [3.8, 4) is 11.4 Å². The highest BCUT2D eigenvalue weighted by atomic mass is 32.2. The zero-order chi connectivity index (χ0) is 23.8. The first-order valence-electron chi connectivity index (χ1n) is 12.7. The van der Waals surface area contributed by atoms with Crippen molar-refractivity contribution in [1.82, 2.24) is 19.4 Å². The quantitative estimate of drug-likeness (QED) is 0.409. The van der Waals surface area contributed by atoms with Gasteiger partial charge in [0.1, 0.15) is 11.3 Å². The number of fused-ring (bicyclic) bond motifs is 1. The van der Waals surface area contributed by atoms with Crippen LogP contribution >= 0.6 is 11.8 Å². The lowest BCUT2D eigenvalue weighted by molar-refractivity contribution is 0.0751. The molecule has 0 radical (unpaired) electrons. The minimum absolute atomic E-state index is 0.122. The minimum Gasteiger partial charge on any atom is -0.327 e. The van der Waals surface area contributed by atoms with Gasteiger partial charge in [-0.05, 0) is 102 Å². The normalized spacial score (nSPS) is 19.5. The fourth-order valence-electron chi connectivity index (χ4n) is 5.90. The maximum absolute atomic E-state index is 15.8. The summed E-state index contributed by atoms with van der Waals surface area (Å²) in [4.78, 5) is 11.2. The van der Waals surface area contributed by atoms with Crippen LogP contribution < -0.4 is 0 Å². The second-order valence-electron chi connectivity index (χ2n) is 10.2. The number of benzene rings is 2. The average molecular weight is 481 g/mol. The van der Waals surface area contributed by atoms with Crippen LogP contribution in [0.5, 0.6) is 0 Å². The Morgan fingerprint density at radius 2 is 1.62 bits per heavy atom. The Bertz CT molecular complexity index is 1120. The first-order valence-corrected chi connectivity index (χ1v) is 14.0. The van der Waals surface area contributed by atoms with E-state index < -0.39 is 0 Å². The van der Waals surface area contributed by atoms with Gasteiger partial charge in [-0.1, -0.05) is 18.2 Å². The summed E-state index contributed by atoms with van der Waals surface area (Å²) in [6.45, 7) is 9.14. The lowest BCUT2D eigenvalue weighted by Crippen LogP contribution is -2.48. The molecule has 0 saturated carbocycles. The van der Waals surface area contributed by atoms with Gasteiger partial charge in [0.25, 0.3) is 0 Å². The highest BCUT2D eigenvalue weighted by Gasteiger charge is 2.30. The van der Waals surface area contributed by atoms with E-state index in [0.29, 0.717) is 17.6 Å². The van der Waals surface area contributed by atoms with E-state index >= 15 is 4.39 Å². The molecule has 5 rings (SSSR count).